The Kier molecular flexibility index (Phi) is 7.45. The SMILES string of the molecule is CN(Cc1ccccc1NC(=O)CSc1ccc(F)c(F)c1)C1CCCCC1. The highest BCUT2D eigenvalue weighted by atomic mass is 32.2. The smallest absolute Gasteiger partial charge is 0.234 e. The van der Waals surface area contributed by atoms with Crippen molar-refractivity contribution in [3.05, 3.63) is 59.7 Å². The summed E-state index contributed by atoms with van der Waals surface area (Å²) in [4.78, 5) is 15.3. The van der Waals surface area contributed by atoms with Gasteiger partial charge in [0.1, 0.15) is 0 Å². The van der Waals surface area contributed by atoms with Gasteiger partial charge in [-0.3, -0.25) is 9.69 Å². The number of halogens is 2. The summed E-state index contributed by atoms with van der Waals surface area (Å²) in [5, 5.41) is 2.96. The number of nitrogens with zero attached hydrogens (tertiary/aromatic N) is 1. The minimum Gasteiger partial charge on any atom is -0.325 e. The zero-order valence-electron chi connectivity index (χ0n) is 16.1. The summed E-state index contributed by atoms with van der Waals surface area (Å²) in [5.41, 5.74) is 1.89. The summed E-state index contributed by atoms with van der Waals surface area (Å²) in [6.07, 6.45) is 6.36. The summed E-state index contributed by atoms with van der Waals surface area (Å²) in [6, 6.07) is 12.1. The molecule has 1 amide bonds. The zero-order chi connectivity index (χ0) is 19.9. The first-order valence-corrected chi connectivity index (χ1v) is 10.7. The van der Waals surface area contributed by atoms with Gasteiger partial charge in [0.2, 0.25) is 5.91 Å². The van der Waals surface area contributed by atoms with Crippen molar-refractivity contribution in [3.63, 3.8) is 0 Å². The van der Waals surface area contributed by atoms with E-state index in [1.807, 2.05) is 24.3 Å². The predicted molar refractivity (Wildman–Crippen MR) is 110 cm³/mol. The third-order valence-corrected chi connectivity index (χ3v) is 6.16. The molecule has 1 N–H and O–H groups in total. The number of amides is 1. The van der Waals surface area contributed by atoms with Gasteiger partial charge in [-0.1, -0.05) is 37.5 Å². The topological polar surface area (TPSA) is 32.3 Å². The maximum atomic E-state index is 13.3. The van der Waals surface area contributed by atoms with Crippen LogP contribution in [-0.4, -0.2) is 29.6 Å². The molecule has 0 unspecified atom stereocenters. The summed E-state index contributed by atoms with van der Waals surface area (Å²) in [7, 11) is 2.15. The summed E-state index contributed by atoms with van der Waals surface area (Å²) in [5.74, 6) is -1.81. The molecule has 0 aromatic heterocycles. The number of carbonyl (C=O) groups excluding carboxylic acids is 1. The number of carbonyl (C=O) groups is 1. The van der Waals surface area contributed by atoms with Gasteiger partial charge in [0.25, 0.3) is 0 Å². The molecule has 0 bridgehead atoms. The standard InChI is InChI=1S/C22H26F2N2OS/c1-26(17-8-3-2-4-9-17)14-16-7-5-6-10-21(16)25-22(27)15-28-18-11-12-19(23)20(24)13-18/h5-7,10-13,17H,2-4,8-9,14-15H2,1H3,(H,25,27). The van der Waals surface area contributed by atoms with Crippen molar-refractivity contribution in [1.29, 1.82) is 0 Å². The molecule has 2 aromatic rings. The zero-order valence-corrected chi connectivity index (χ0v) is 16.9. The van der Waals surface area contributed by atoms with Gasteiger partial charge in [-0.25, -0.2) is 8.78 Å². The molecule has 0 radical (unpaired) electrons. The third-order valence-electron chi connectivity index (χ3n) is 5.17. The van der Waals surface area contributed by atoms with E-state index in [1.54, 1.807) is 0 Å². The Morgan fingerprint density at radius 2 is 1.86 bits per heavy atom. The molecule has 0 aliphatic heterocycles. The van der Waals surface area contributed by atoms with Crippen molar-refractivity contribution in [2.75, 3.05) is 18.1 Å². The molecule has 1 saturated carbocycles. The van der Waals surface area contributed by atoms with Crippen LogP contribution in [0.1, 0.15) is 37.7 Å². The molecule has 2 aromatic carbocycles. The highest BCUT2D eigenvalue weighted by Crippen LogP contribution is 2.25. The molecule has 6 heteroatoms. The summed E-state index contributed by atoms with van der Waals surface area (Å²) < 4.78 is 26.3. The van der Waals surface area contributed by atoms with E-state index in [0.29, 0.717) is 10.9 Å². The van der Waals surface area contributed by atoms with Crippen LogP contribution in [0.4, 0.5) is 14.5 Å². The third kappa shape index (κ3) is 5.79. The molecule has 3 nitrogen and oxygen atoms in total. The van der Waals surface area contributed by atoms with Crippen LogP contribution in [0.3, 0.4) is 0 Å². The van der Waals surface area contributed by atoms with Crippen molar-refractivity contribution in [1.82, 2.24) is 4.90 Å². The van der Waals surface area contributed by atoms with Gasteiger partial charge in [-0.15, -0.1) is 11.8 Å². The lowest BCUT2D eigenvalue weighted by molar-refractivity contribution is -0.113. The molecule has 0 atom stereocenters. The van der Waals surface area contributed by atoms with E-state index in [2.05, 4.69) is 17.3 Å². The number of rotatable bonds is 7. The molecule has 0 saturated heterocycles. The molecular formula is C22H26F2N2OS. The lowest BCUT2D eigenvalue weighted by Gasteiger charge is -2.31. The lowest BCUT2D eigenvalue weighted by Crippen LogP contribution is -2.33. The molecule has 0 heterocycles. The first kappa shape index (κ1) is 20.8. The predicted octanol–water partition coefficient (Wildman–Crippen LogP) is 5.46. The van der Waals surface area contributed by atoms with E-state index in [9.17, 15) is 13.6 Å². The molecule has 28 heavy (non-hydrogen) atoms. The Labute approximate surface area is 169 Å². The second-order valence-electron chi connectivity index (χ2n) is 7.28. The van der Waals surface area contributed by atoms with Crippen LogP contribution in [0, 0.1) is 11.6 Å². The van der Waals surface area contributed by atoms with E-state index < -0.39 is 11.6 Å². The second-order valence-corrected chi connectivity index (χ2v) is 8.33. The average molecular weight is 405 g/mol. The van der Waals surface area contributed by atoms with E-state index in [4.69, 9.17) is 0 Å². The molecule has 3 rings (SSSR count). The highest BCUT2D eigenvalue weighted by molar-refractivity contribution is 8.00. The van der Waals surface area contributed by atoms with Crippen molar-refractivity contribution in [3.8, 4) is 0 Å². The average Bonchev–Trinajstić information content (AvgIpc) is 2.71. The monoisotopic (exact) mass is 404 g/mol. The van der Waals surface area contributed by atoms with Gasteiger partial charge < -0.3 is 5.32 Å². The number of benzene rings is 2. The fraction of sp³-hybridized carbons (Fsp3) is 0.409. The second kappa shape index (κ2) is 10.0. The summed E-state index contributed by atoms with van der Waals surface area (Å²) >= 11 is 1.18. The van der Waals surface area contributed by atoms with Gasteiger partial charge >= 0.3 is 0 Å². The van der Waals surface area contributed by atoms with Crippen LogP contribution in [0.25, 0.3) is 0 Å². The minimum absolute atomic E-state index is 0.137. The number of thioether (sulfide) groups is 1. The Hall–Kier alpha value is -1.92. The quantitative estimate of drug-likeness (QED) is 0.622. The largest absolute Gasteiger partial charge is 0.325 e. The van der Waals surface area contributed by atoms with Gasteiger partial charge in [0.05, 0.1) is 5.75 Å². The Morgan fingerprint density at radius 3 is 2.61 bits per heavy atom. The van der Waals surface area contributed by atoms with Crippen molar-refractivity contribution in [2.24, 2.45) is 0 Å². The van der Waals surface area contributed by atoms with Crippen LogP contribution in [0.15, 0.2) is 47.4 Å². The minimum atomic E-state index is -0.901. The van der Waals surface area contributed by atoms with E-state index in [1.165, 1.54) is 49.9 Å². The number of para-hydroxylation sites is 1. The van der Waals surface area contributed by atoms with Gasteiger partial charge in [0.15, 0.2) is 11.6 Å². The van der Waals surface area contributed by atoms with E-state index in [-0.39, 0.29) is 11.7 Å². The first-order chi connectivity index (χ1) is 13.5. The number of hydrogen-bond acceptors (Lipinski definition) is 3. The van der Waals surface area contributed by atoms with Crippen LogP contribution < -0.4 is 5.32 Å². The van der Waals surface area contributed by atoms with Gasteiger partial charge in [-0.05, 0) is 49.7 Å². The van der Waals surface area contributed by atoms with Crippen LogP contribution in [-0.2, 0) is 11.3 Å². The van der Waals surface area contributed by atoms with Crippen LogP contribution >= 0.6 is 11.8 Å². The fourth-order valence-corrected chi connectivity index (χ4v) is 4.32. The van der Waals surface area contributed by atoms with Crippen molar-refractivity contribution >= 4 is 23.4 Å². The number of anilines is 1. The molecule has 1 fully saturated rings. The van der Waals surface area contributed by atoms with Gasteiger partial charge in [-0.2, -0.15) is 0 Å². The Bertz CT molecular complexity index is 809. The fourth-order valence-electron chi connectivity index (χ4n) is 3.60. The van der Waals surface area contributed by atoms with Crippen LogP contribution in [0.5, 0.6) is 0 Å². The van der Waals surface area contributed by atoms with E-state index >= 15 is 0 Å². The highest BCUT2D eigenvalue weighted by Gasteiger charge is 2.19. The Morgan fingerprint density at radius 1 is 1.11 bits per heavy atom. The molecule has 1 aliphatic carbocycles. The van der Waals surface area contributed by atoms with Crippen LogP contribution in [0.2, 0.25) is 0 Å². The lowest BCUT2D eigenvalue weighted by atomic mass is 9.94. The number of nitrogens with one attached hydrogen (secondary N) is 1. The molecular weight excluding hydrogens is 378 g/mol. The molecule has 1 aliphatic rings. The summed E-state index contributed by atoms with van der Waals surface area (Å²) in [6.45, 7) is 0.789. The Balaban J connectivity index is 1.57. The first-order valence-electron chi connectivity index (χ1n) is 9.69. The normalized spacial score (nSPS) is 15.0. The molecule has 150 valence electrons. The van der Waals surface area contributed by atoms with Gasteiger partial charge in [0, 0.05) is 23.2 Å². The maximum Gasteiger partial charge on any atom is 0.234 e. The molecule has 0 spiro atoms. The van der Waals surface area contributed by atoms with Crippen molar-refractivity contribution < 1.29 is 13.6 Å². The van der Waals surface area contributed by atoms with E-state index in [0.717, 1.165) is 29.9 Å². The maximum absolute atomic E-state index is 13.3. The number of hydrogen-bond donors (Lipinski definition) is 1. The van der Waals surface area contributed by atoms with Crippen molar-refractivity contribution in [2.45, 2.75) is 49.6 Å².